The van der Waals surface area contributed by atoms with Crippen LogP contribution in [-0.2, 0) is 30.4 Å². The number of rotatable bonds is 14. The van der Waals surface area contributed by atoms with Gasteiger partial charge in [0.15, 0.2) is 5.71 Å². The zero-order chi connectivity index (χ0) is 41.3. The first kappa shape index (κ1) is 41.6. The van der Waals surface area contributed by atoms with E-state index in [9.17, 15) is 35.8 Å². The van der Waals surface area contributed by atoms with Crippen molar-refractivity contribution < 1.29 is 45.2 Å². The van der Waals surface area contributed by atoms with Gasteiger partial charge in [0.25, 0.3) is 10.1 Å². The van der Waals surface area contributed by atoms with Crippen LogP contribution in [0.15, 0.2) is 108 Å². The summed E-state index contributed by atoms with van der Waals surface area (Å²) in [7, 11) is -9.08. The van der Waals surface area contributed by atoms with Gasteiger partial charge in [-0.25, -0.2) is 8.42 Å². The van der Waals surface area contributed by atoms with E-state index < -0.39 is 37.4 Å². The van der Waals surface area contributed by atoms with Crippen LogP contribution in [0.5, 0.6) is 5.75 Å². The molecule has 3 aliphatic rings. The number of carboxylic acid groups (broad SMARTS) is 1. The SMILES string of the molecule is CCN1c2cc3c(cc2C(C)=CC1(C)C)/C(=C/C=C/C=C/C1=[N+](CCCS(=O)(=O)[O-])c2ccc(S(=O)(=O)O)cc2C1(C)CCCC(=O)O)C=C(c1ccccc1)O3. The highest BCUT2D eigenvalue weighted by Gasteiger charge is 2.48. The molecule has 0 amide bonds. The maximum Gasteiger partial charge on any atom is 0.303 e. The number of allylic oxidation sites excluding steroid dienone is 8. The Morgan fingerprint density at radius 2 is 1.70 bits per heavy atom. The first-order valence-corrected chi connectivity index (χ1v) is 21.9. The molecule has 0 aromatic heterocycles. The van der Waals surface area contributed by atoms with Gasteiger partial charge >= 0.3 is 5.97 Å². The minimum atomic E-state index is -4.57. The van der Waals surface area contributed by atoms with E-state index in [1.54, 1.807) is 0 Å². The van der Waals surface area contributed by atoms with E-state index in [4.69, 9.17) is 4.74 Å². The Labute approximate surface area is 335 Å². The molecule has 3 aliphatic heterocycles. The smallest absolute Gasteiger partial charge is 0.303 e. The molecule has 0 saturated heterocycles. The van der Waals surface area contributed by atoms with Gasteiger partial charge in [-0.1, -0.05) is 60.7 Å². The molecule has 0 aliphatic carbocycles. The highest BCUT2D eigenvalue weighted by molar-refractivity contribution is 7.86. The van der Waals surface area contributed by atoms with Crippen LogP contribution in [0.4, 0.5) is 11.4 Å². The Balaban J connectivity index is 1.42. The molecule has 2 N–H and O–H groups in total. The second-order valence-corrected chi connectivity index (χ2v) is 18.3. The van der Waals surface area contributed by atoms with Crippen molar-refractivity contribution in [3.8, 4) is 5.75 Å². The minimum Gasteiger partial charge on any atom is -0.748 e. The van der Waals surface area contributed by atoms with Crippen molar-refractivity contribution in [2.75, 3.05) is 23.7 Å². The molecule has 6 rings (SSSR count). The third-order valence-corrected chi connectivity index (χ3v) is 12.5. The molecule has 0 spiro atoms. The number of fused-ring (bicyclic) bond motifs is 3. The van der Waals surface area contributed by atoms with Gasteiger partial charge in [0.05, 0.1) is 26.0 Å². The molecule has 13 heteroatoms. The fourth-order valence-corrected chi connectivity index (χ4v) is 9.29. The van der Waals surface area contributed by atoms with Crippen molar-refractivity contribution in [2.24, 2.45) is 0 Å². The molecule has 57 heavy (non-hydrogen) atoms. The summed E-state index contributed by atoms with van der Waals surface area (Å²) in [5.74, 6) is -0.129. The normalized spacial score (nSPS) is 19.7. The molecule has 1 atom stereocenters. The Bertz CT molecular complexity index is 2510. The number of benzene rings is 3. The van der Waals surface area contributed by atoms with Crippen LogP contribution in [-0.4, -0.2) is 71.7 Å². The quantitative estimate of drug-likeness (QED) is 0.0923. The van der Waals surface area contributed by atoms with E-state index in [0.717, 1.165) is 40.2 Å². The molecular formula is C44H48N2O9S2. The number of hydrogen-bond acceptors (Lipinski definition) is 8. The molecule has 0 fully saturated rings. The Morgan fingerprint density at radius 1 is 0.965 bits per heavy atom. The van der Waals surface area contributed by atoms with Crippen LogP contribution in [0, 0.1) is 0 Å². The third-order valence-electron chi connectivity index (χ3n) is 10.9. The van der Waals surface area contributed by atoms with Gasteiger partial charge in [0.1, 0.15) is 18.1 Å². The summed E-state index contributed by atoms with van der Waals surface area (Å²) in [6, 6.07) is 18.4. The van der Waals surface area contributed by atoms with Crippen molar-refractivity contribution in [3.63, 3.8) is 0 Å². The Hall–Kier alpha value is -5.08. The molecule has 11 nitrogen and oxygen atoms in total. The average molecular weight is 813 g/mol. The number of ether oxygens (including phenoxy) is 1. The monoisotopic (exact) mass is 812 g/mol. The van der Waals surface area contributed by atoms with Gasteiger partial charge in [0, 0.05) is 71.3 Å². The van der Waals surface area contributed by atoms with Crippen molar-refractivity contribution in [1.82, 2.24) is 0 Å². The zero-order valence-corrected chi connectivity index (χ0v) is 34.4. The average Bonchev–Trinajstić information content (AvgIpc) is 3.35. The molecule has 3 heterocycles. The largest absolute Gasteiger partial charge is 0.748 e. The van der Waals surface area contributed by atoms with Crippen molar-refractivity contribution in [1.29, 1.82) is 0 Å². The van der Waals surface area contributed by atoms with Gasteiger partial charge in [0.2, 0.25) is 5.69 Å². The molecule has 0 radical (unpaired) electrons. The number of likely N-dealkylation sites (N-methyl/N-ethyl adjacent to an activating group) is 1. The number of carboxylic acids is 1. The number of hydrogen-bond donors (Lipinski definition) is 2. The molecule has 0 saturated carbocycles. The number of aliphatic carboxylic acids is 1. The lowest BCUT2D eigenvalue weighted by Crippen LogP contribution is -2.44. The highest BCUT2D eigenvalue weighted by atomic mass is 32.2. The number of carbonyl (C=O) groups is 1. The minimum absolute atomic E-state index is 0.000747. The maximum atomic E-state index is 12.2. The van der Waals surface area contributed by atoms with E-state index in [-0.39, 0.29) is 36.2 Å². The lowest BCUT2D eigenvalue weighted by Gasteiger charge is -2.43. The van der Waals surface area contributed by atoms with Gasteiger partial charge in [-0.2, -0.15) is 13.0 Å². The van der Waals surface area contributed by atoms with E-state index in [0.29, 0.717) is 29.1 Å². The molecule has 0 bridgehead atoms. The van der Waals surface area contributed by atoms with Crippen LogP contribution >= 0.6 is 0 Å². The van der Waals surface area contributed by atoms with E-state index in [1.807, 2.05) is 78.3 Å². The zero-order valence-electron chi connectivity index (χ0n) is 32.7. The highest BCUT2D eigenvalue weighted by Crippen LogP contribution is 2.47. The maximum absolute atomic E-state index is 12.2. The van der Waals surface area contributed by atoms with Gasteiger partial charge in [-0.3, -0.25) is 9.35 Å². The summed E-state index contributed by atoms with van der Waals surface area (Å²) in [4.78, 5) is 13.6. The first-order valence-electron chi connectivity index (χ1n) is 18.9. The second-order valence-electron chi connectivity index (χ2n) is 15.3. The Kier molecular flexibility index (Phi) is 11.7. The fraction of sp³-hybridized carbons (Fsp3) is 0.318. The molecule has 3 aromatic carbocycles. The fourth-order valence-electron chi connectivity index (χ4n) is 8.30. The lowest BCUT2D eigenvalue weighted by atomic mass is 9.75. The van der Waals surface area contributed by atoms with Crippen LogP contribution in [0.2, 0.25) is 0 Å². The Morgan fingerprint density at radius 3 is 2.37 bits per heavy atom. The lowest BCUT2D eigenvalue weighted by molar-refractivity contribution is -0.437. The van der Waals surface area contributed by atoms with Gasteiger partial charge in [-0.05, 0) is 82.9 Å². The molecule has 1 unspecified atom stereocenters. The predicted octanol–water partition coefficient (Wildman–Crippen LogP) is 8.13. The third kappa shape index (κ3) is 8.91. The summed E-state index contributed by atoms with van der Waals surface area (Å²) >= 11 is 0. The van der Waals surface area contributed by atoms with Gasteiger partial charge in [-0.15, -0.1) is 0 Å². The van der Waals surface area contributed by atoms with Crippen LogP contribution in [0.25, 0.3) is 16.9 Å². The number of anilines is 1. The standard InChI is InChI=1S/C44H48N2O9S2/c1-6-46-38-28-40-35(27-34(38)30(2)29-43(46,3)4)32(25-39(55-40)31-15-9-7-10-16-31)17-11-8-12-18-41-44(5,22-13-19-42(47)48)36-26-33(57(52,53)54)20-21-37(36)45(41)23-14-24-56(49,50)51/h7-12,15-18,20-21,25-29H,6,13-14,19,22-24H2,1-5H3,(H2-,47,48,49,50,51,52,53,54). The summed E-state index contributed by atoms with van der Waals surface area (Å²) in [5.41, 5.74) is 6.89. The summed E-state index contributed by atoms with van der Waals surface area (Å²) in [6.07, 6.45) is 14.1. The van der Waals surface area contributed by atoms with E-state index >= 15 is 0 Å². The van der Waals surface area contributed by atoms with Crippen molar-refractivity contribution >= 4 is 60.2 Å². The summed E-state index contributed by atoms with van der Waals surface area (Å²) < 4.78 is 77.3. The molecule has 300 valence electrons. The van der Waals surface area contributed by atoms with Crippen LogP contribution in [0.1, 0.15) is 82.6 Å². The summed E-state index contributed by atoms with van der Waals surface area (Å²) in [5, 5.41) is 9.43. The first-order chi connectivity index (χ1) is 26.8. The van der Waals surface area contributed by atoms with E-state index in [2.05, 4.69) is 50.8 Å². The van der Waals surface area contributed by atoms with Crippen molar-refractivity contribution in [2.45, 2.75) is 76.2 Å². The predicted molar refractivity (Wildman–Crippen MR) is 223 cm³/mol. The molecular weight excluding hydrogens is 765 g/mol. The molecule has 3 aromatic rings. The number of nitrogens with zero attached hydrogens (tertiary/aromatic N) is 2. The topological polar surface area (TPSA) is 164 Å². The van der Waals surface area contributed by atoms with Crippen molar-refractivity contribution in [3.05, 3.63) is 125 Å². The summed E-state index contributed by atoms with van der Waals surface area (Å²) in [6.45, 7) is 11.5. The van der Waals surface area contributed by atoms with Crippen LogP contribution < -0.4 is 9.64 Å². The second kappa shape index (κ2) is 16.0. The van der Waals surface area contributed by atoms with Crippen LogP contribution in [0.3, 0.4) is 0 Å². The van der Waals surface area contributed by atoms with Gasteiger partial charge < -0.3 is 19.3 Å². The van der Waals surface area contributed by atoms with E-state index in [1.165, 1.54) is 23.8 Å².